The number of nitrogens with one attached hydrogen (secondary N) is 1. The zero-order chi connectivity index (χ0) is 13.9. The molecule has 1 fully saturated rings. The summed E-state index contributed by atoms with van der Waals surface area (Å²) in [6.07, 6.45) is 6.57. The number of carbonyl (C=O) groups excluding carboxylic acids is 1. The molecular formula is C16H18N2O2. The first kappa shape index (κ1) is 13.1. The summed E-state index contributed by atoms with van der Waals surface area (Å²) in [5, 5.41) is 14.6. The smallest absolute Gasteiger partial charge is 0.251 e. The van der Waals surface area contributed by atoms with Gasteiger partial charge in [0.2, 0.25) is 0 Å². The molecule has 1 amide bonds. The minimum absolute atomic E-state index is 0.0369. The van der Waals surface area contributed by atoms with Gasteiger partial charge in [-0.15, -0.1) is 0 Å². The highest BCUT2D eigenvalue weighted by molar-refractivity contribution is 5.98. The molecule has 1 aromatic heterocycles. The first-order valence-electron chi connectivity index (χ1n) is 7.05. The van der Waals surface area contributed by atoms with Crippen LogP contribution < -0.4 is 5.32 Å². The van der Waals surface area contributed by atoms with Crippen LogP contribution in [0.4, 0.5) is 0 Å². The highest BCUT2D eigenvalue weighted by Crippen LogP contribution is 2.19. The van der Waals surface area contributed by atoms with Crippen LogP contribution in [0.25, 0.3) is 10.8 Å². The second-order valence-electron chi connectivity index (χ2n) is 5.42. The number of fused-ring (bicyclic) bond motifs is 1. The summed E-state index contributed by atoms with van der Waals surface area (Å²) < 4.78 is 0. The first-order valence-corrected chi connectivity index (χ1v) is 7.05. The van der Waals surface area contributed by atoms with Gasteiger partial charge < -0.3 is 10.4 Å². The van der Waals surface area contributed by atoms with Crippen LogP contribution >= 0.6 is 0 Å². The standard InChI is InChI=1S/C16H18N2O2/c19-15-5-3-14(4-6-15)18-16(20)12-1-2-13-10-17-8-7-11(13)9-12/h1-2,7-10,14-15,19H,3-6H2,(H,18,20). The van der Waals surface area contributed by atoms with E-state index in [0.717, 1.165) is 36.5 Å². The van der Waals surface area contributed by atoms with E-state index in [0.29, 0.717) is 5.56 Å². The molecule has 2 aromatic rings. The van der Waals surface area contributed by atoms with Crippen LogP contribution in [0, 0.1) is 0 Å². The van der Waals surface area contributed by atoms with E-state index in [2.05, 4.69) is 10.3 Å². The van der Waals surface area contributed by atoms with Crippen molar-refractivity contribution in [3.8, 4) is 0 Å². The Bertz CT molecular complexity index is 619. The predicted molar refractivity (Wildman–Crippen MR) is 77.5 cm³/mol. The van der Waals surface area contributed by atoms with Crippen LogP contribution in [0.3, 0.4) is 0 Å². The van der Waals surface area contributed by atoms with Gasteiger partial charge in [-0.1, -0.05) is 6.07 Å². The molecule has 1 aliphatic carbocycles. The number of nitrogens with zero attached hydrogens (tertiary/aromatic N) is 1. The zero-order valence-electron chi connectivity index (χ0n) is 11.2. The molecule has 1 aliphatic rings. The Labute approximate surface area is 117 Å². The van der Waals surface area contributed by atoms with E-state index in [1.165, 1.54) is 0 Å². The Kier molecular flexibility index (Phi) is 3.65. The maximum absolute atomic E-state index is 12.2. The molecule has 0 radical (unpaired) electrons. The lowest BCUT2D eigenvalue weighted by Crippen LogP contribution is -2.38. The topological polar surface area (TPSA) is 62.2 Å². The van der Waals surface area contributed by atoms with Crippen LogP contribution in [-0.4, -0.2) is 28.1 Å². The van der Waals surface area contributed by atoms with Crippen LogP contribution in [0.1, 0.15) is 36.0 Å². The van der Waals surface area contributed by atoms with Crippen molar-refractivity contribution in [2.75, 3.05) is 0 Å². The number of aromatic nitrogens is 1. The maximum atomic E-state index is 12.2. The Morgan fingerprint density at radius 3 is 2.75 bits per heavy atom. The van der Waals surface area contributed by atoms with Crippen LogP contribution in [0.15, 0.2) is 36.7 Å². The quantitative estimate of drug-likeness (QED) is 0.880. The van der Waals surface area contributed by atoms with E-state index in [1.54, 1.807) is 12.4 Å². The lowest BCUT2D eigenvalue weighted by molar-refractivity contribution is 0.0868. The predicted octanol–water partition coefficient (Wildman–Crippen LogP) is 2.27. The highest BCUT2D eigenvalue weighted by Gasteiger charge is 2.21. The number of benzene rings is 1. The van der Waals surface area contributed by atoms with Gasteiger partial charge in [0.1, 0.15) is 0 Å². The van der Waals surface area contributed by atoms with Crippen molar-refractivity contribution >= 4 is 16.7 Å². The molecule has 1 aromatic carbocycles. The number of pyridine rings is 1. The van der Waals surface area contributed by atoms with Gasteiger partial charge >= 0.3 is 0 Å². The molecule has 0 aliphatic heterocycles. The molecule has 0 bridgehead atoms. The van der Waals surface area contributed by atoms with Crippen molar-refractivity contribution < 1.29 is 9.90 Å². The third-order valence-corrected chi connectivity index (χ3v) is 3.93. The van der Waals surface area contributed by atoms with E-state index < -0.39 is 0 Å². The van der Waals surface area contributed by atoms with Gasteiger partial charge in [0.05, 0.1) is 6.10 Å². The summed E-state index contributed by atoms with van der Waals surface area (Å²) >= 11 is 0. The molecule has 2 N–H and O–H groups in total. The second-order valence-corrected chi connectivity index (χ2v) is 5.42. The number of aliphatic hydroxyl groups excluding tert-OH is 1. The van der Waals surface area contributed by atoms with Gasteiger partial charge in [-0.2, -0.15) is 0 Å². The summed E-state index contributed by atoms with van der Waals surface area (Å²) in [5.74, 6) is -0.0369. The van der Waals surface area contributed by atoms with Crippen molar-refractivity contribution in [2.45, 2.75) is 37.8 Å². The average molecular weight is 270 g/mol. The van der Waals surface area contributed by atoms with E-state index in [-0.39, 0.29) is 18.1 Å². The van der Waals surface area contributed by atoms with Crippen molar-refractivity contribution in [1.82, 2.24) is 10.3 Å². The third-order valence-electron chi connectivity index (χ3n) is 3.93. The fraction of sp³-hybridized carbons (Fsp3) is 0.375. The Morgan fingerprint density at radius 2 is 1.95 bits per heavy atom. The zero-order valence-corrected chi connectivity index (χ0v) is 11.2. The summed E-state index contributed by atoms with van der Waals surface area (Å²) in [4.78, 5) is 16.3. The summed E-state index contributed by atoms with van der Waals surface area (Å²) in [6.45, 7) is 0. The van der Waals surface area contributed by atoms with Gasteiger partial charge in [0.15, 0.2) is 0 Å². The molecule has 4 nitrogen and oxygen atoms in total. The summed E-state index contributed by atoms with van der Waals surface area (Å²) in [5.41, 5.74) is 0.676. The minimum atomic E-state index is -0.198. The molecule has 0 spiro atoms. The largest absolute Gasteiger partial charge is 0.393 e. The van der Waals surface area contributed by atoms with E-state index in [9.17, 15) is 9.90 Å². The summed E-state index contributed by atoms with van der Waals surface area (Å²) in [7, 11) is 0. The second kappa shape index (κ2) is 5.59. The maximum Gasteiger partial charge on any atom is 0.251 e. The number of hydrogen-bond donors (Lipinski definition) is 2. The highest BCUT2D eigenvalue weighted by atomic mass is 16.3. The minimum Gasteiger partial charge on any atom is -0.393 e. The van der Waals surface area contributed by atoms with Crippen LogP contribution in [0.2, 0.25) is 0 Å². The number of rotatable bonds is 2. The number of aliphatic hydroxyl groups is 1. The van der Waals surface area contributed by atoms with Gasteiger partial charge in [-0.05, 0) is 49.3 Å². The summed E-state index contributed by atoms with van der Waals surface area (Å²) in [6, 6.07) is 7.73. The number of amides is 1. The molecule has 104 valence electrons. The lowest BCUT2D eigenvalue weighted by atomic mass is 9.93. The fourth-order valence-corrected chi connectivity index (χ4v) is 2.71. The Balaban J connectivity index is 1.72. The molecule has 1 saturated carbocycles. The van der Waals surface area contributed by atoms with Gasteiger partial charge in [-0.3, -0.25) is 9.78 Å². The van der Waals surface area contributed by atoms with Crippen molar-refractivity contribution in [3.05, 3.63) is 42.2 Å². The van der Waals surface area contributed by atoms with Crippen molar-refractivity contribution in [2.24, 2.45) is 0 Å². The SMILES string of the molecule is O=C(NC1CCC(O)CC1)c1ccc2cnccc2c1. The van der Waals surface area contributed by atoms with Gasteiger partial charge in [0.25, 0.3) is 5.91 Å². The first-order chi connectivity index (χ1) is 9.72. The Morgan fingerprint density at radius 1 is 1.15 bits per heavy atom. The third kappa shape index (κ3) is 2.80. The van der Waals surface area contributed by atoms with Gasteiger partial charge in [-0.25, -0.2) is 0 Å². The van der Waals surface area contributed by atoms with E-state index >= 15 is 0 Å². The number of carbonyl (C=O) groups is 1. The Hall–Kier alpha value is -1.94. The van der Waals surface area contributed by atoms with E-state index in [1.807, 2.05) is 24.3 Å². The lowest BCUT2D eigenvalue weighted by Gasteiger charge is -2.26. The fourth-order valence-electron chi connectivity index (χ4n) is 2.71. The van der Waals surface area contributed by atoms with Crippen molar-refractivity contribution in [1.29, 1.82) is 0 Å². The van der Waals surface area contributed by atoms with E-state index in [4.69, 9.17) is 0 Å². The molecule has 0 atom stereocenters. The monoisotopic (exact) mass is 270 g/mol. The van der Waals surface area contributed by atoms with Crippen LogP contribution in [0.5, 0.6) is 0 Å². The molecule has 3 rings (SSSR count). The molecule has 4 heteroatoms. The van der Waals surface area contributed by atoms with Crippen LogP contribution in [-0.2, 0) is 0 Å². The number of hydrogen-bond acceptors (Lipinski definition) is 3. The van der Waals surface area contributed by atoms with Crippen molar-refractivity contribution in [3.63, 3.8) is 0 Å². The molecular weight excluding hydrogens is 252 g/mol. The van der Waals surface area contributed by atoms with Gasteiger partial charge in [0, 0.05) is 29.4 Å². The molecule has 20 heavy (non-hydrogen) atoms. The molecule has 0 saturated heterocycles. The average Bonchev–Trinajstić information content (AvgIpc) is 2.49. The normalized spacial score (nSPS) is 22.6. The molecule has 1 heterocycles. The molecule has 0 unspecified atom stereocenters.